The van der Waals surface area contributed by atoms with Gasteiger partial charge in [0.15, 0.2) is 0 Å². The molecule has 0 spiro atoms. The van der Waals surface area contributed by atoms with Gasteiger partial charge in [-0.3, -0.25) is 19.7 Å². The van der Waals surface area contributed by atoms with Crippen LogP contribution >= 0.6 is 0 Å². The molecule has 0 aliphatic rings. The summed E-state index contributed by atoms with van der Waals surface area (Å²) in [6.45, 7) is 1.76. The number of anilines is 1. The van der Waals surface area contributed by atoms with Crippen LogP contribution in [-0.2, 0) is 0 Å². The van der Waals surface area contributed by atoms with Crippen molar-refractivity contribution in [2.45, 2.75) is 6.92 Å². The topological polar surface area (TPSA) is 123 Å². The van der Waals surface area contributed by atoms with Gasteiger partial charge in [0.1, 0.15) is 5.82 Å². The number of carbonyl (C=O) groups is 1. The van der Waals surface area contributed by atoms with E-state index in [1.165, 1.54) is 22.9 Å². The van der Waals surface area contributed by atoms with Crippen molar-refractivity contribution in [1.82, 2.24) is 14.8 Å². The molecule has 144 valence electrons. The Morgan fingerprint density at radius 2 is 1.86 bits per heavy atom. The summed E-state index contributed by atoms with van der Waals surface area (Å²) in [5.41, 5.74) is 1.57. The summed E-state index contributed by atoms with van der Waals surface area (Å²) in [6.07, 6.45) is 0. The summed E-state index contributed by atoms with van der Waals surface area (Å²) in [7, 11) is 0. The number of nitrogens with one attached hydrogen (secondary N) is 2. The largest absolute Gasteiger partial charge is 0.322 e. The Balaban J connectivity index is 1.72. The molecule has 2 heterocycles. The van der Waals surface area contributed by atoms with Crippen LogP contribution in [0.4, 0.5) is 11.5 Å². The highest BCUT2D eigenvalue weighted by Crippen LogP contribution is 2.22. The summed E-state index contributed by atoms with van der Waals surface area (Å²) < 4.78 is 1.48. The fraction of sp³-hybridized carbons (Fsp3) is 0.0500. The first-order valence-corrected chi connectivity index (χ1v) is 8.67. The molecule has 9 nitrogen and oxygen atoms in total. The van der Waals surface area contributed by atoms with Crippen molar-refractivity contribution in [2.75, 3.05) is 5.32 Å². The smallest absolute Gasteiger partial charge is 0.269 e. The van der Waals surface area contributed by atoms with Gasteiger partial charge in [-0.1, -0.05) is 18.2 Å². The predicted molar refractivity (Wildman–Crippen MR) is 107 cm³/mol. The zero-order chi connectivity index (χ0) is 20.5. The summed E-state index contributed by atoms with van der Waals surface area (Å²) in [6, 6.07) is 15.8. The number of para-hydroxylation sites is 1. The van der Waals surface area contributed by atoms with E-state index >= 15 is 0 Å². The third-order valence-electron chi connectivity index (χ3n) is 4.37. The number of hydrogen-bond donors (Lipinski definition) is 2. The molecule has 2 aromatic carbocycles. The van der Waals surface area contributed by atoms with E-state index in [0.717, 1.165) is 0 Å². The highest BCUT2D eigenvalue weighted by Gasteiger charge is 2.16. The maximum absolute atomic E-state index is 12.9. The average Bonchev–Trinajstić information content (AvgIpc) is 3.07. The van der Waals surface area contributed by atoms with Gasteiger partial charge >= 0.3 is 0 Å². The molecule has 0 bridgehead atoms. The van der Waals surface area contributed by atoms with Crippen LogP contribution in [0, 0.1) is 17.0 Å². The minimum Gasteiger partial charge on any atom is -0.322 e. The normalized spacial score (nSPS) is 10.8. The maximum atomic E-state index is 12.9. The number of aryl methyl sites for hydroxylation is 1. The van der Waals surface area contributed by atoms with E-state index in [1.54, 1.807) is 49.4 Å². The molecule has 0 aliphatic carbocycles. The van der Waals surface area contributed by atoms with Gasteiger partial charge in [-0.2, -0.15) is 5.10 Å². The molecule has 29 heavy (non-hydrogen) atoms. The van der Waals surface area contributed by atoms with Crippen LogP contribution in [-0.4, -0.2) is 25.6 Å². The molecule has 9 heteroatoms. The molecule has 0 radical (unpaired) electrons. The van der Waals surface area contributed by atoms with Crippen molar-refractivity contribution in [1.29, 1.82) is 0 Å². The van der Waals surface area contributed by atoms with Crippen LogP contribution in [0.3, 0.4) is 0 Å². The van der Waals surface area contributed by atoms with Crippen molar-refractivity contribution >= 4 is 28.3 Å². The third kappa shape index (κ3) is 3.48. The summed E-state index contributed by atoms with van der Waals surface area (Å²) in [5.74, 6) is -0.0823. The molecule has 2 aromatic heterocycles. The first-order chi connectivity index (χ1) is 13.9. The number of benzene rings is 2. The number of nitrogens with zero attached hydrogens (tertiary/aromatic N) is 3. The zero-order valence-electron chi connectivity index (χ0n) is 15.2. The van der Waals surface area contributed by atoms with Crippen LogP contribution in [0.25, 0.3) is 16.6 Å². The number of non-ortho nitro benzene ring substituents is 1. The monoisotopic (exact) mass is 389 g/mol. The Morgan fingerprint density at radius 3 is 2.59 bits per heavy atom. The number of hydrogen-bond acceptors (Lipinski definition) is 5. The predicted octanol–water partition coefficient (Wildman–Crippen LogP) is 3.18. The van der Waals surface area contributed by atoms with Crippen LogP contribution in [0.15, 0.2) is 65.5 Å². The van der Waals surface area contributed by atoms with E-state index in [1.807, 2.05) is 0 Å². The van der Waals surface area contributed by atoms with Crippen LogP contribution < -0.4 is 10.9 Å². The molecule has 0 atom stereocenters. The summed E-state index contributed by atoms with van der Waals surface area (Å²) in [4.78, 5) is 37.9. The van der Waals surface area contributed by atoms with E-state index in [9.17, 15) is 19.7 Å². The van der Waals surface area contributed by atoms with Gasteiger partial charge in [0.2, 0.25) is 5.56 Å². The van der Waals surface area contributed by atoms with Crippen molar-refractivity contribution in [3.8, 4) is 5.69 Å². The SMILES string of the molecule is Cc1cc(NC(=O)c2cc(=O)[nH]c3ccccc23)n(-c2ccc([N+](=O)[O-])cc2)n1. The van der Waals surface area contributed by atoms with E-state index in [0.29, 0.717) is 28.1 Å². The number of pyridine rings is 1. The number of carbonyl (C=O) groups excluding carboxylic acids is 1. The fourth-order valence-electron chi connectivity index (χ4n) is 3.08. The minimum atomic E-state index is -0.487. The molecule has 2 N–H and O–H groups in total. The van der Waals surface area contributed by atoms with Gasteiger partial charge in [-0.25, -0.2) is 4.68 Å². The van der Waals surface area contributed by atoms with E-state index in [2.05, 4.69) is 15.4 Å². The molecule has 0 saturated heterocycles. The second-order valence-corrected chi connectivity index (χ2v) is 6.40. The standard InChI is InChI=1S/C20H15N5O4/c1-12-10-18(24(23-12)13-6-8-14(9-7-13)25(28)29)22-20(27)16-11-19(26)21-17-5-3-2-4-15(16)17/h2-11H,1H3,(H,21,26)(H,22,27). The number of aromatic amines is 1. The molecular formula is C20H15N5O4. The van der Waals surface area contributed by atoms with E-state index in [4.69, 9.17) is 0 Å². The molecule has 4 rings (SSSR count). The molecule has 0 aliphatic heterocycles. The van der Waals surface area contributed by atoms with Gasteiger partial charge in [0.25, 0.3) is 11.6 Å². The molecular weight excluding hydrogens is 374 g/mol. The second kappa shape index (κ2) is 7.04. The van der Waals surface area contributed by atoms with Crippen LogP contribution in [0.1, 0.15) is 16.1 Å². The van der Waals surface area contributed by atoms with Crippen LogP contribution in [0.5, 0.6) is 0 Å². The lowest BCUT2D eigenvalue weighted by atomic mass is 10.1. The quantitative estimate of drug-likeness (QED) is 0.410. The lowest BCUT2D eigenvalue weighted by molar-refractivity contribution is -0.384. The van der Waals surface area contributed by atoms with Crippen molar-refractivity contribution in [3.63, 3.8) is 0 Å². The summed E-state index contributed by atoms with van der Waals surface area (Å²) in [5, 5.41) is 18.6. The zero-order valence-corrected chi connectivity index (χ0v) is 15.2. The Labute approximate surface area is 163 Å². The van der Waals surface area contributed by atoms with E-state index < -0.39 is 10.8 Å². The Hall–Kier alpha value is -4.27. The van der Waals surface area contributed by atoms with Crippen molar-refractivity contribution in [2.24, 2.45) is 0 Å². The van der Waals surface area contributed by atoms with Gasteiger partial charge in [0, 0.05) is 35.2 Å². The number of H-pyrrole nitrogens is 1. The molecule has 4 aromatic rings. The number of nitro groups is 1. The Morgan fingerprint density at radius 1 is 1.14 bits per heavy atom. The van der Waals surface area contributed by atoms with Crippen LogP contribution in [0.2, 0.25) is 0 Å². The first kappa shape index (κ1) is 18.1. The van der Waals surface area contributed by atoms with Gasteiger partial charge in [-0.15, -0.1) is 0 Å². The number of nitro benzene ring substituents is 1. The maximum Gasteiger partial charge on any atom is 0.269 e. The number of fused-ring (bicyclic) bond motifs is 1. The van der Waals surface area contributed by atoms with Gasteiger partial charge < -0.3 is 10.3 Å². The Bertz CT molecular complexity index is 1300. The molecule has 0 saturated carbocycles. The van der Waals surface area contributed by atoms with Crippen molar-refractivity contribution < 1.29 is 9.72 Å². The third-order valence-corrected chi connectivity index (χ3v) is 4.37. The number of amides is 1. The average molecular weight is 389 g/mol. The summed E-state index contributed by atoms with van der Waals surface area (Å²) >= 11 is 0. The van der Waals surface area contributed by atoms with Crippen molar-refractivity contribution in [3.05, 3.63) is 92.4 Å². The second-order valence-electron chi connectivity index (χ2n) is 6.40. The Kier molecular flexibility index (Phi) is 4.40. The molecule has 0 unspecified atom stereocenters. The molecule has 0 fully saturated rings. The number of aromatic nitrogens is 3. The minimum absolute atomic E-state index is 0.0433. The lowest BCUT2D eigenvalue weighted by Crippen LogP contribution is -2.18. The lowest BCUT2D eigenvalue weighted by Gasteiger charge is -2.10. The van der Waals surface area contributed by atoms with E-state index in [-0.39, 0.29) is 16.8 Å². The highest BCUT2D eigenvalue weighted by atomic mass is 16.6. The highest BCUT2D eigenvalue weighted by molar-refractivity contribution is 6.12. The molecule has 1 amide bonds. The fourth-order valence-corrected chi connectivity index (χ4v) is 3.08. The van der Waals surface area contributed by atoms with Gasteiger partial charge in [0.05, 0.1) is 21.9 Å². The van der Waals surface area contributed by atoms with Gasteiger partial charge in [-0.05, 0) is 25.1 Å². The number of rotatable bonds is 4. The first-order valence-electron chi connectivity index (χ1n) is 8.67.